The highest BCUT2D eigenvalue weighted by Crippen LogP contribution is 2.31. The molecule has 0 atom stereocenters. The molecule has 0 aliphatic carbocycles. The van der Waals surface area contributed by atoms with Gasteiger partial charge in [0, 0.05) is 42.6 Å². The molecule has 1 N–H and O–H groups in total. The van der Waals surface area contributed by atoms with Crippen LogP contribution >= 0.6 is 11.6 Å². The summed E-state index contributed by atoms with van der Waals surface area (Å²) in [5.41, 5.74) is 3.43. The number of carbonyl (C=O) groups is 2. The molecule has 1 aliphatic heterocycles. The van der Waals surface area contributed by atoms with E-state index in [4.69, 9.17) is 11.6 Å². The number of benzene rings is 3. The molecule has 3 aromatic carbocycles. The zero-order chi connectivity index (χ0) is 26.8. The van der Waals surface area contributed by atoms with Crippen LogP contribution < -0.4 is 5.32 Å². The highest BCUT2D eigenvalue weighted by atomic mass is 35.5. The number of nitrogens with zero attached hydrogens (tertiary/aromatic N) is 3. The minimum Gasteiger partial charge on any atom is -0.335 e. The van der Waals surface area contributed by atoms with Crippen molar-refractivity contribution in [1.29, 1.82) is 0 Å². The predicted octanol–water partition coefficient (Wildman–Crippen LogP) is 6.37. The fourth-order valence-corrected chi connectivity index (χ4v) is 4.77. The summed E-state index contributed by atoms with van der Waals surface area (Å²) >= 11 is 6.08. The van der Waals surface area contributed by atoms with Crippen LogP contribution in [0.1, 0.15) is 16.1 Å². The van der Waals surface area contributed by atoms with E-state index in [1.54, 1.807) is 46.2 Å². The van der Waals surface area contributed by atoms with Crippen molar-refractivity contribution in [3.05, 3.63) is 107 Å². The van der Waals surface area contributed by atoms with Crippen molar-refractivity contribution in [3.63, 3.8) is 0 Å². The van der Waals surface area contributed by atoms with Gasteiger partial charge in [0.05, 0.1) is 16.9 Å². The maximum Gasteiger partial charge on any atom is 0.322 e. The molecule has 9 heteroatoms. The van der Waals surface area contributed by atoms with Crippen LogP contribution in [0.5, 0.6) is 0 Å². The summed E-state index contributed by atoms with van der Waals surface area (Å²) in [5, 5.41) is 3.17. The lowest BCUT2D eigenvalue weighted by atomic mass is 10.1. The van der Waals surface area contributed by atoms with Gasteiger partial charge in [-0.05, 0) is 61.0 Å². The fraction of sp³-hybridized carbons (Fsp3) is 0.172. The van der Waals surface area contributed by atoms with E-state index in [0.717, 1.165) is 11.3 Å². The quantitative estimate of drug-likeness (QED) is 0.330. The Balaban J connectivity index is 1.38. The van der Waals surface area contributed by atoms with Crippen molar-refractivity contribution in [2.24, 2.45) is 0 Å². The standard InChI is InChI=1S/C29H25ClF2N4O2/c1-19-24(18-27(20-9-11-21(30)12-10-20)36(19)23-6-4-5-22(31)17-23)28(37)34-13-15-35(16-14-34)29(38)33-26-8-3-2-7-25(26)32/h2-12,17-18H,13-16H2,1H3,(H,33,38). The number of halogens is 3. The minimum atomic E-state index is -0.510. The third-order valence-corrected chi connectivity index (χ3v) is 6.91. The van der Waals surface area contributed by atoms with Crippen LogP contribution in [0.25, 0.3) is 16.9 Å². The fourth-order valence-electron chi connectivity index (χ4n) is 4.64. The molecule has 0 bridgehead atoms. The van der Waals surface area contributed by atoms with E-state index < -0.39 is 11.8 Å². The number of piperazine rings is 1. The van der Waals surface area contributed by atoms with E-state index in [0.29, 0.717) is 48.1 Å². The number of aromatic nitrogens is 1. The van der Waals surface area contributed by atoms with Gasteiger partial charge >= 0.3 is 6.03 Å². The Morgan fingerprint density at radius 3 is 2.21 bits per heavy atom. The molecule has 1 saturated heterocycles. The molecule has 38 heavy (non-hydrogen) atoms. The minimum absolute atomic E-state index is 0.111. The molecule has 0 saturated carbocycles. The highest BCUT2D eigenvalue weighted by molar-refractivity contribution is 6.30. The second kappa shape index (κ2) is 10.7. The summed E-state index contributed by atoms with van der Waals surface area (Å²) < 4.78 is 29.9. The van der Waals surface area contributed by atoms with Crippen LogP contribution in [-0.2, 0) is 0 Å². The molecule has 1 fully saturated rings. The first-order valence-electron chi connectivity index (χ1n) is 12.2. The van der Waals surface area contributed by atoms with E-state index in [-0.39, 0.29) is 17.4 Å². The van der Waals surface area contributed by atoms with Gasteiger partial charge in [0.1, 0.15) is 11.6 Å². The Morgan fingerprint density at radius 2 is 1.53 bits per heavy atom. The molecule has 4 aromatic rings. The number of hydrogen-bond acceptors (Lipinski definition) is 2. The van der Waals surface area contributed by atoms with Crippen molar-refractivity contribution in [2.45, 2.75) is 6.92 Å². The van der Waals surface area contributed by atoms with Crippen LogP contribution in [0.4, 0.5) is 19.3 Å². The maximum atomic E-state index is 14.1. The smallest absolute Gasteiger partial charge is 0.322 e. The van der Waals surface area contributed by atoms with Crippen molar-refractivity contribution in [1.82, 2.24) is 14.4 Å². The molecule has 3 amide bonds. The number of carbonyl (C=O) groups excluding carboxylic acids is 2. The topological polar surface area (TPSA) is 57.6 Å². The lowest BCUT2D eigenvalue weighted by Crippen LogP contribution is -2.51. The molecule has 5 rings (SSSR count). The van der Waals surface area contributed by atoms with Crippen LogP contribution in [0.3, 0.4) is 0 Å². The van der Waals surface area contributed by atoms with Crippen molar-refractivity contribution < 1.29 is 18.4 Å². The van der Waals surface area contributed by atoms with Crippen LogP contribution in [0.15, 0.2) is 78.9 Å². The Kier molecular flexibility index (Phi) is 7.15. The molecular formula is C29H25ClF2N4O2. The summed E-state index contributed by atoms with van der Waals surface area (Å²) in [6, 6.07) is 20.8. The van der Waals surface area contributed by atoms with E-state index in [1.807, 2.05) is 29.7 Å². The first-order chi connectivity index (χ1) is 18.3. The Labute approximate surface area is 224 Å². The Bertz CT molecular complexity index is 1490. The number of nitrogens with one attached hydrogen (secondary N) is 1. The lowest BCUT2D eigenvalue weighted by molar-refractivity contribution is 0.0671. The van der Waals surface area contributed by atoms with Gasteiger partial charge in [0.2, 0.25) is 0 Å². The molecule has 0 radical (unpaired) electrons. The zero-order valence-electron chi connectivity index (χ0n) is 20.6. The van der Waals surface area contributed by atoms with E-state index >= 15 is 0 Å². The van der Waals surface area contributed by atoms with Crippen molar-refractivity contribution in [3.8, 4) is 16.9 Å². The normalized spacial score (nSPS) is 13.5. The number of anilines is 1. The van der Waals surface area contributed by atoms with Crippen molar-refractivity contribution >= 4 is 29.2 Å². The number of hydrogen-bond donors (Lipinski definition) is 1. The van der Waals surface area contributed by atoms with Gasteiger partial charge in [-0.3, -0.25) is 4.79 Å². The average Bonchev–Trinajstić information content (AvgIpc) is 3.27. The summed E-state index contributed by atoms with van der Waals surface area (Å²) in [4.78, 5) is 29.5. The van der Waals surface area contributed by atoms with E-state index in [9.17, 15) is 18.4 Å². The van der Waals surface area contributed by atoms with Crippen LogP contribution in [0, 0.1) is 18.6 Å². The number of para-hydroxylation sites is 1. The predicted molar refractivity (Wildman–Crippen MR) is 144 cm³/mol. The molecule has 0 spiro atoms. The summed E-state index contributed by atoms with van der Waals surface area (Å²) in [6.45, 7) is 3.09. The number of amides is 3. The molecule has 6 nitrogen and oxygen atoms in total. The Hall–Kier alpha value is -4.17. The maximum absolute atomic E-state index is 14.1. The van der Waals surface area contributed by atoms with Gasteiger partial charge in [-0.1, -0.05) is 41.9 Å². The van der Waals surface area contributed by atoms with E-state index in [2.05, 4.69) is 5.32 Å². The molecule has 2 heterocycles. The van der Waals surface area contributed by atoms with E-state index in [1.165, 1.54) is 24.3 Å². The number of rotatable bonds is 4. The highest BCUT2D eigenvalue weighted by Gasteiger charge is 2.28. The summed E-state index contributed by atoms with van der Waals surface area (Å²) in [5.74, 6) is -1.07. The molecular weight excluding hydrogens is 510 g/mol. The van der Waals surface area contributed by atoms with Gasteiger partial charge in [-0.15, -0.1) is 0 Å². The van der Waals surface area contributed by atoms with Gasteiger partial charge in [0.25, 0.3) is 5.91 Å². The van der Waals surface area contributed by atoms with Crippen LogP contribution in [-0.4, -0.2) is 52.5 Å². The third-order valence-electron chi connectivity index (χ3n) is 6.65. The monoisotopic (exact) mass is 534 g/mol. The molecule has 194 valence electrons. The lowest BCUT2D eigenvalue weighted by Gasteiger charge is -2.34. The van der Waals surface area contributed by atoms with Crippen molar-refractivity contribution in [2.75, 3.05) is 31.5 Å². The summed E-state index contributed by atoms with van der Waals surface area (Å²) in [6.07, 6.45) is 0. The SMILES string of the molecule is Cc1c(C(=O)N2CCN(C(=O)Nc3ccccc3F)CC2)cc(-c2ccc(Cl)cc2)n1-c1cccc(F)c1. The van der Waals surface area contributed by atoms with Gasteiger partial charge in [-0.2, -0.15) is 0 Å². The first-order valence-corrected chi connectivity index (χ1v) is 12.5. The second-order valence-electron chi connectivity index (χ2n) is 9.04. The second-order valence-corrected chi connectivity index (χ2v) is 9.48. The zero-order valence-corrected chi connectivity index (χ0v) is 21.4. The van der Waals surface area contributed by atoms with Gasteiger partial charge in [0.15, 0.2) is 0 Å². The third kappa shape index (κ3) is 5.13. The molecule has 0 unspecified atom stereocenters. The summed E-state index contributed by atoms with van der Waals surface area (Å²) in [7, 11) is 0. The largest absolute Gasteiger partial charge is 0.335 e. The van der Waals surface area contributed by atoms with Gasteiger partial charge in [-0.25, -0.2) is 13.6 Å². The van der Waals surface area contributed by atoms with Gasteiger partial charge < -0.3 is 19.7 Å². The number of urea groups is 1. The molecule has 1 aromatic heterocycles. The average molecular weight is 535 g/mol. The Morgan fingerprint density at radius 1 is 0.842 bits per heavy atom. The molecule has 1 aliphatic rings. The first kappa shape index (κ1) is 25.5. The van der Waals surface area contributed by atoms with Crippen LogP contribution in [0.2, 0.25) is 5.02 Å².